The summed E-state index contributed by atoms with van der Waals surface area (Å²) in [5, 5.41) is 7.59. The summed E-state index contributed by atoms with van der Waals surface area (Å²) in [6.45, 7) is 2.54. The van der Waals surface area contributed by atoms with E-state index in [-0.39, 0.29) is 11.7 Å². The van der Waals surface area contributed by atoms with Gasteiger partial charge in [0, 0.05) is 0 Å². The molecule has 1 N–H and O–H groups in total. The number of H-pyrrole nitrogens is 1. The Bertz CT molecular complexity index is 941. The number of hydrogen-bond donors (Lipinski definition) is 1. The molecular weight excluding hydrogens is 503 g/mol. The van der Waals surface area contributed by atoms with Gasteiger partial charge >= 0.3 is 177 Å². The Morgan fingerprint density at radius 2 is 2.10 bits per heavy atom. The number of ether oxygens (including phenoxy) is 1. The van der Waals surface area contributed by atoms with Crippen LogP contribution >= 0.6 is 9.24 Å². The molecule has 2 fully saturated rings. The standard InChI is InChI=1S/C13H19N2O.C7H6F2P.CH3.O.Sb/c1-9-5-6-16-13(7-9)12-8-11(14-15-12)10-3-2-4-10;8-7(9,10)6-4-2-1-3-5-6;;;/h8,10,13H,2-7H2,1H3,(H,14,15);1-2,4-5H,10H2;1H3;;. The van der Waals surface area contributed by atoms with Crippen molar-refractivity contribution in [2.75, 3.05) is 6.61 Å². The fourth-order valence-corrected chi connectivity index (χ4v) is 11.4. The second kappa shape index (κ2) is 7.77. The SMILES string of the molecule is C[C]1([Sb]([CH3])(=[O])[c]2cccc(C(F)(F)P)c2)CCOC(c2cc(C3CCC3)n[nH]2)C1. The van der Waals surface area contributed by atoms with E-state index in [9.17, 15) is 11.8 Å². The van der Waals surface area contributed by atoms with Gasteiger partial charge in [-0.05, 0) is 0 Å². The average Bonchev–Trinajstić information content (AvgIpc) is 3.09. The summed E-state index contributed by atoms with van der Waals surface area (Å²) in [6, 6.07) is 8.25. The molecule has 1 aliphatic heterocycles. The molecule has 1 saturated heterocycles. The second-order valence-corrected chi connectivity index (χ2v) is 19.3. The monoisotopic (exact) mass is 530 g/mol. The number of halogens is 2. The molecule has 2 aliphatic rings. The molecule has 158 valence electrons. The topological polar surface area (TPSA) is 55.0 Å². The molecule has 1 aromatic heterocycles. The molecular formula is C21H28F2N2O2PSb. The number of rotatable bonds is 5. The van der Waals surface area contributed by atoms with Gasteiger partial charge in [0.25, 0.3) is 0 Å². The van der Waals surface area contributed by atoms with Crippen LogP contribution in [0.4, 0.5) is 8.78 Å². The van der Waals surface area contributed by atoms with Gasteiger partial charge < -0.3 is 0 Å². The maximum absolute atomic E-state index is 14.1. The van der Waals surface area contributed by atoms with Crippen LogP contribution < -0.4 is 3.51 Å². The molecule has 29 heavy (non-hydrogen) atoms. The van der Waals surface area contributed by atoms with Gasteiger partial charge in [-0.2, -0.15) is 0 Å². The van der Waals surface area contributed by atoms with Gasteiger partial charge in [0.05, 0.1) is 0 Å². The van der Waals surface area contributed by atoms with E-state index in [4.69, 9.17) is 4.74 Å². The molecule has 4 nitrogen and oxygen atoms in total. The molecule has 0 radical (unpaired) electrons. The van der Waals surface area contributed by atoms with Gasteiger partial charge in [-0.15, -0.1) is 0 Å². The Balaban J connectivity index is 1.59. The maximum atomic E-state index is 14.1. The van der Waals surface area contributed by atoms with Gasteiger partial charge in [0.2, 0.25) is 0 Å². The third-order valence-corrected chi connectivity index (χ3v) is 17.8. The molecule has 2 aromatic rings. The van der Waals surface area contributed by atoms with Crippen molar-refractivity contribution in [3.63, 3.8) is 0 Å². The summed E-state index contributed by atoms with van der Waals surface area (Å²) in [7, 11) is 1.56. The van der Waals surface area contributed by atoms with Crippen LogP contribution in [0.15, 0.2) is 30.3 Å². The zero-order valence-electron chi connectivity index (χ0n) is 16.8. The Labute approximate surface area is 176 Å². The molecule has 4 atom stereocenters. The fraction of sp³-hybridized carbons (Fsp3) is 0.571. The molecule has 0 bridgehead atoms. The zero-order chi connectivity index (χ0) is 20.9. The molecule has 4 unspecified atom stereocenters. The number of benzene rings is 1. The molecule has 0 amide bonds. The van der Waals surface area contributed by atoms with Crippen LogP contribution in [0.5, 0.6) is 0 Å². The summed E-state index contributed by atoms with van der Waals surface area (Å²) < 4.78 is 47.8. The normalized spacial score (nSPS) is 28.0. The number of nitrogens with one attached hydrogen (secondary N) is 1. The predicted octanol–water partition coefficient (Wildman–Crippen LogP) is 5.13. The molecule has 4 rings (SSSR count). The van der Waals surface area contributed by atoms with E-state index in [1.807, 2.05) is 11.8 Å². The van der Waals surface area contributed by atoms with Crippen molar-refractivity contribution >= 4 is 31.5 Å². The Morgan fingerprint density at radius 1 is 1.34 bits per heavy atom. The van der Waals surface area contributed by atoms with Crippen molar-refractivity contribution in [2.45, 2.75) is 64.9 Å². The van der Waals surface area contributed by atoms with Gasteiger partial charge in [-0.1, -0.05) is 0 Å². The van der Waals surface area contributed by atoms with E-state index in [0.29, 0.717) is 28.9 Å². The summed E-state index contributed by atoms with van der Waals surface area (Å²) in [4.78, 5) is 1.81. The molecule has 1 aromatic carbocycles. The summed E-state index contributed by atoms with van der Waals surface area (Å²) >= 11 is -4.09. The predicted molar refractivity (Wildman–Crippen MR) is 113 cm³/mol. The van der Waals surface area contributed by atoms with E-state index < -0.39 is 27.8 Å². The molecule has 1 saturated carbocycles. The van der Waals surface area contributed by atoms with Crippen LogP contribution in [0.3, 0.4) is 0 Å². The first-order valence-corrected chi connectivity index (χ1v) is 16.8. The van der Waals surface area contributed by atoms with Gasteiger partial charge in [-0.25, -0.2) is 0 Å². The van der Waals surface area contributed by atoms with E-state index in [1.54, 1.807) is 21.4 Å². The number of alkyl halides is 2. The number of aromatic nitrogens is 2. The van der Waals surface area contributed by atoms with Crippen molar-refractivity contribution in [1.29, 1.82) is 0 Å². The van der Waals surface area contributed by atoms with Crippen molar-refractivity contribution in [2.24, 2.45) is 0 Å². The van der Waals surface area contributed by atoms with Crippen molar-refractivity contribution in [3.8, 4) is 0 Å². The molecule has 1 aliphatic carbocycles. The van der Waals surface area contributed by atoms with E-state index in [0.717, 1.165) is 11.4 Å². The van der Waals surface area contributed by atoms with Crippen LogP contribution in [0.2, 0.25) is 8.23 Å². The number of aromatic amines is 1. The van der Waals surface area contributed by atoms with Crippen LogP contribution in [-0.4, -0.2) is 35.6 Å². The first-order chi connectivity index (χ1) is 13.6. The van der Waals surface area contributed by atoms with Crippen LogP contribution in [-0.2, 0) is 13.4 Å². The molecule has 2 heterocycles. The van der Waals surface area contributed by atoms with Gasteiger partial charge in [-0.3, -0.25) is 0 Å². The van der Waals surface area contributed by atoms with Crippen LogP contribution in [0.1, 0.15) is 68.0 Å². The second-order valence-electron chi connectivity index (χ2n) is 8.78. The van der Waals surface area contributed by atoms with Crippen molar-refractivity contribution < 1.29 is 16.5 Å². The number of nitrogens with zero attached hydrogens (tertiary/aromatic N) is 1. The van der Waals surface area contributed by atoms with E-state index in [1.165, 1.54) is 31.4 Å². The van der Waals surface area contributed by atoms with Gasteiger partial charge in [0.1, 0.15) is 0 Å². The third-order valence-electron chi connectivity index (χ3n) is 6.83. The fourth-order valence-electron chi connectivity index (χ4n) is 4.29. The minimum absolute atomic E-state index is 0.109. The summed E-state index contributed by atoms with van der Waals surface area (Å²) in [5.41, 5.74) is -1.11. The third kappa shape index (κ3) is 4.10. The Kier molecular flexibility index (Phi) is 5.77. The summed E-state index contributed by atoms with van der Waals surface area (Å²) in [6.07, 6.45) is 4.69. The van der Waals surface area contributed by atoms with Crippen molar-refractivity contribution in [1.82, 2.24) is 10.2 Å². The number of hydrogen-bond acceptors (Lipinski definition) is 3. The Morgan fingerprint density at radius 3 is 2.76 bits per heavy atom. The quantitative estimate of drug-likeness (QED) is 0.431. The van der Waals surface area contributed by atoms with E-state index >= 15 is 0 Å². The van der Waals surface area contributed by atoms with Gasteiger partial charge in [0.15, 0.2) is 0 Å². The van der Waals surface area contributed by atoms with E-state index in [2.05, 4.69) is 16.3 Å². The zero-order valence-corrected chi connectivity index (χ0v) is 20.5. The van der Waals surface area contributed by atoms with Crippen molar-refractivity contribution in [3.05, 3.63) is 47.3 Å². The Hall–Kier alpha value is -0.702. The first-order valence-electron chi connectivity index (χ1n) is 10.1. The first kappa shape index (κ1) is 21.5. The molecule has 8 heteroatoms. The van der Waals surface area contributed by atoms with Crippen LogP contribution in [0.25, 0.3) is 0 Å². The minimum atomic E-state index is -4.09. The average molecular weight is 531 g/mol. The summed E-state index contributed by atoms with van der Waals surface area (Å²) in [5.74, 6) is 0.537. The molecule has 0 spiro atoms. The van der Waals surface area contributed by atoms with Crippen LogP contribution in [0, 0.1) is 0 Å².